The van der Waals surface area contributed by atoms with E-state index in [2.05, 4.69) is 0 Å². The number of benzene rings is 2. The average Bonchev–Trinajstić information content (AvgIpc) is 2.96. The molecule has 3 rings (SSSR count). The number of amides is 1. The summed E-state index contributed by atoms with van der Waals surface area (Å²) >= 11 is 0. The van der Waals surface area contributed by atoms with Crippen molar-refractivity contribution in [3.63, 3.8) is 0 Å². The van der Waals surface area contributed by atoms with Crippen LogP contribution in [0.25, 0.3) is 6.08 Å². The number of alkyl halides is 7. The Hall–Kier alpha value is -2.88. The summed E-state index contributed by atoms with van der Waals surface area (Å²) in [5.74, 6) is -13.0. The van der Waals surface area contributed by atoms with Crippen molar-refractivity contribution in [1.82, 2.24) is 5.06 Å². The largest absolute Gasteiger partial charge is 0.459 e. The van der Waals surface area contributed by atoms with Crippen LogP contribution in [0.3, 0.4) is 0 Å². The van der Waals surface area contributed by atoms with Gasteiger partial charge in [-0.15, -0.1) is 0 Å². The van der Waals surface area contributed by atoms with Crippen LogP contribution >= 0.6 is 0 Å². The summed E-state index contributed by atoms with van der Waals surface area (Å²) in [7, 11) is 0. The van der Waals surface area contributed by atoms with Crippen molar-refractivity contribution < 1.29 is 40.4 Å². The number of hydroxylamine groups is 2. The summed E-state index contributed by atoms with van der Waals surface area (Å²) in [6.07, 6.45) is -7.21. The van der Waals surface area contributed by atoms with Gasteiger partial charge in [-0.1, -0.05) is 66.7 Å². The molecule has 0 bridgehead atoms. The van der Waals surface area contributed by atoms with Gasteiger partial charge in [-0.2, -0.15) is 30.7 Å². The standard InChI is InChI=1S/C23H20F7NO2/c1-20(15-21(24,25)22(26,27)23(28,29)30)18(12-16-8-4-2-5-9-16)13-31(19(20)32)33-14-17-10-6-3-7-11-17/h2-12H,13-15H2,1H3/b18-12-/t20-/m0/s1. The van der Waals surface area contributed by atoms with E-state index in [1.165, 1.54) is 6.08 Å². The van der Waals surface area contributed by atoms with Crippen molar-refractivity contribution in [2.24, 2.45) is 5.41 Å². The average molecular weight is 475 g/mol. The molecule has 0 N–H and O–H groups in total. The van der Waals surface area contributed by atoms with Gasteiger partial charge in [0, 0.05) is 6.42 Å². The van der Waals surface area contributed by atoms with Crippen molar-refractivity contribution in [3.8, 4) is 0 Å². The number of hydrogen-bond donors (Lipinski definition) is 0. The number of nitrogens with zero attached hydrogens (tertiary/aromatic N) is 1. The maximum Gasteiger partial charge on any atom is 0.459 e. The summed E-state index contributed by atoms with van der Waals surface area (Å²) in [6, 6.07) is 16.6. The molecule has 3 nitrogen and oxygen atoms in total. The van der Waals surface area contributed by atoms with E-state index in [1.54, 1.807) is 60.7 Å². The topological polar surface area (TPSA) is 29.5 Å². The molecule has 1 amide bonds. The molecule has 0 aromatic heterocycles. The van der Waals surface area contributed by atoms with Gasteiger partial charge in [-0.3, -0.25) is 9.63 Å². The van der Waals surface area contributed by atoms with E-state index in [-0.39, 0.29) is 18.7 Å². The van der Waals surface area contributed by atoms with Crippen LogP contribution in [-0.2, 0) is 16.2 Å². The van der Waals surface area contributed by atoms with Crippen molar-refractivity contribution >= 4 is 12.0 Å². The van der Waals surface area contributed by atoms with Crippen LogP contribution in [0.2, 0.25) is 0 Å². The van der Waals surface area contributed by atoms with Gasteiger partial charge >= 0.3 is 18.0 Å². The third-order valence-corrected chi connectivity index (χ3v) is 5.48. The summed E-state index contributed by atoms with van der Waals surface area (Å²) in [6.45, 7) is 0.428. The third kappa shape index (κ3) is 4.90. The number of carbonyl (C=O) groups excluding carboxylic acids is 1. The number of rotatable bonds is 7. The molecule has 0 unspecified atom stereocenters. The van der Waals surface area contributed by atoms with Gasteiger partial charge in [-0.05, 0) is 23.6 Å². The van der Waals surface area contributed by atoms with Crippen LogP contribution in [0.5, 0.6) is 0 Å². The van der Waals surface area contributed by atoms with Crippen LogP contribution in [0, 0.1) is 5.41 Å². The molecule has 1 atom stereocenters. The highest BCUT2D eigenvalue weighted by molar-refractivity contribution is 5.90. The van der Waals surface area contributed by atoms with E-state index in [0.717, 1.165) is 12.0 Å². The summed E-state index contributed by atoms with van der Waals surface area (Å²) < 4.78 is 94.0. The molecule has 0 aliphatic carbocycles. The number of halogens is 7. The highest BCUT2D eigenvalue weighted by atomic mass is 19.4. The number of hydrogen-bond acceptors (Lipinski definition) is 2. The second-order valence-electron chi connectivity index (χ2n) is 7.97. The van der Waals surface area contributed by atoms with E-state index in [1.807, 2.05) is 0 Å². The normalized spacial score (nSPS) is 21.2. The van der Waals surface area contributed by atoms with Crippen LogP contribution in [0.4, 0.5) is 30.7 Å². The molecule has 1 heterocycles. The lowest BCUT2D eigenvalue weighted by Gasteiger charge is -2.34. The van der Waals surface area contributed by atoms with Crippen molar-refractivity contribution in [3.05, 3.63) is 77.4 Å². The lowest BCUT2D eigenvalue weighted by atomic mass is 9.77. The van der Waals surface area contributed by atoms with Gasteiger partial charge in [0.15, 0.2) is 0 Å². The first kappa shape index (κ1) is 24.8. The fourth-order valence-electron chi connectivity index (χ4n) is 3.55. The molecule has 1 aliphatic rings. The van der Waals surface area contributed by atoms with Gasteiger partial charge in [-0.25, -0.2) is 5.06 Å². The van der Waals surface area contributed by atoms with Gasteiger partial charge in [0.2, 0.25) is 0 Å². The maximum atomic E-state index is 14.3. The van der Waals surface area contributed by atoms with Gasteiger partial charge in [0.05, 0.1) is 12.0 Å². The Balaban J connectivity index is 1.95. The number of carbonyl (C=O) groups is 1. The lowest BCUT2D eigenvalue weighted by Crippen LogP contribution is -2.54. The Kier molecular flexibility index (Phi) is 6.61. The van der Waals surface area contributed by atoms with Crippen molar-refractivity contribution in [1.29, 1.82) is 0 Å². The van der Waals surface area contributed by atoms with Crippen molar-refractivity contribution in [2.75, 3.05) is 6.54 Å². The first-order valence-electron chi connectivity index (χ1n) is 9.85. The van der Waals surface area contributed by atoms with E-state index < -0.39 is 35.8 Å². The van der Waals surface area contributed by atoms with E-state index in [0.29, 0.717) is 11.1 Å². The SMILES string of the molecule is C[C@@]1(CC(F)(F)C(F)(F)C(F)(F)F)C(=O)N(OCc2ccccc2)C/C1=C/c1ccccc1. The summed E-state index contributed by atoms with van der Waals surface area (Å²) in [4.78, 5) is 18.4. The highest BCUT2D eigenvalue weighted by Crippen LogP contribution is 2.54. The quantitative estimate of drug-likeness (QED) is 0.442. The van der Waals surface area contributed by atoms with Gasteiger partial charge < -0.3 is 0 Å². The molecular weight excluding hydrogens is 455 g/mol. The smallest absolute Gasteiger partial charge is 0.272 e. The predicted octanol–water partition coefficient (Wildman–Crippen LogP) is 6.27. The fourth-order valence-corrected chi connectivity index (χ4v) is 3.55. The molecule has 1 saturated heterocycles. The predicted molar refractivity (Wildman–Crippen MR) is 106 cm³/mol. The molecule has 1 fully saturated rings. The first-order valence-corrected chi connectivity index (χ1v) is 9.85. The minimum Gasteiger partial charge on any atom is -0.272 e. The molecule has 0 spiro atoms. The summed E-state index contributed by atoms with van der Waals surface area (Å²) in [5.41, 5.74) is -1.32. The second kappa shape index (κ2) is 8.81. The molecule has 0 radical (unpaired) electrons. The Labute approximate surface area is 185 Å². The lowest BCUT2D eigenvalue weighted by molar-refractivity contribution is -0.358. The van der Waals surface area contributed by atoms with Crippen molar-refractivity contribution in [2.45, 2.75) is 38.0 Å². The zero-order chi connectivity index (χ0) is 24.5. The summed E-state index contributed by atoms with van der Waals surface area (Å²) in [5, 5.41) is 0.726. The molecular formula is C23H20F7NO2. The molecule has 178 valence electrons. The third-order valence-electron chi connectivity index (χ3n) is 5.48. The molecule has 1 aliphatic heterocycles. The van der Waals surface area contributed by atoms with Crippen LogP contribution < -0.4 is 0 Å². The molecule has 2 aromatic rings. The molecule has 2 aromatic carbocycles. The minimum absolute atomic E-state index is 0.0654. The van der Waals surface area contributed by atoms with Crippen LogP contribution in [0.15, 0.2) is 66.2 Å². The second-order valence-corrected chi connectivity index (χ2v) is 7.97. The van der Waals surface area contributed by atoms with E-state index >= 15 is 0 Å². The van der Waals surface area contributed by atoms with E-state index in [9.17, 15) is 35.5 Å². The Morgan fingerprint density at radius 3 is 2.03 bits per heavy atom. The molecule has 33 heavy (non-hydrogen) atoms. The zero-order valence-corrected chi connectivity index (χ0v) is 17.4. The van der Waals surface area contributed by atoms with Crippen LogP contribution in [0.1, 0.15) is 24.5 Å². The fraction of sp³-hybridized carbons (Fsp3) is 0.348. The Bertz CT molecular complexity index is 1010. The Morgan fingerprint density at radius 2 is 1.48 bits per heavy atom. The molecule has 0 saturated carbocycles. The zero-order valence-electron chi connectivity index (χ0n) is 17.4. The van der Waals surface area contributed by atoms with Gasteiger partial charge in [0.1, 0.15) is 6.61 Å². The van der Waals surface area contributed by atoms with Gasteiger partial charge in [0.25, 0.3) is 5.91 Å². The minimum atomic E-state index is -6.48. The van der Waals surface area contributed by atoms with E-state index in [4.69, 9.17) is 4.84 Å². The Morgan fingerprint density at radius 1 is 0.939 bits per heavy atom. The maximum absolute atomic E-state index is 14.3. The highest BCUT2D eigenvalue weighted by Gasteiger charge is 2.74. The first-order chi connectivity index (χ1) is 15.3. The van der Waals surface area contributed by atoms with Crippen LogP contribution in [-0.4, -0.2) is 35.5 Å². The monoisotopic (exact) mass is 475 g/mol. The molecule has 10 heteroatoms.